The van der Waals surface area contributed by atoms with Gasteiger partial charge in [0.2, 0.25) is 0 Å². The fraction of sp³-hybridized carbons (Fsp3) is 0.455. The van der Waals surface area contributed by atoms with Crippen LogP contribution in [0, 0.1) is 5.82 Å². The molecule has 1 aliphatic heterocycles. The van der Waals surface area contributed by atoms with Crippen LogP contribution in [-0.4, -0.2) is 51.9 Å². The maximum Gasteiger partial charge on any atom is 0.341 e. The van der Waals surface area contributed by atoms with Crippen molar-refractivity contribution in [2.75, 3.05) is 31.4 Å². The van der Waals surface area contributed by atoms with Crippen LogP contribution in [0.15, 0.2) is 12.3 Å². The minimum Gasteiger partial charge on any atom is -0.465 e. The van der Waals surface area contributed by atoms with Crippen molar-refractivity contribution in [3.05, 3.63) is 23.6 Å². The molecular weight excluding hydrogens is 291 g/mol. The summed E-state index contributed by atoms with van der Waals surface area (Å²) in [7, 11) is -2.34. The van der Waals surface area contributed by atoms with Crippen LogP contribution in [0.3, 0.4) is 0 Å². The number of anilines is 1. The van der Waals surface area contributed by atoms with Gasteiger partial charge in [0.05, 0.1) is 19.6 Å². The molecule has 1 aromatic rings. The molecule has 1 aromatic heterocycles. The Bertz CT molecular complexity index is 628. The molecule has 2 heterocycles. The summed E-state index contributed by atoms with van der Waals surface area (Å²) < 4.78 is 44.4. The molecule has 0 unspecified atom stereocenters. The summed E-state index contributed by atoms with van der Waals surface area (Å²) in [6, 6.07) is 1.03. The molecule has 0 atom stereocenters. The molecule has 0 spiro atoms. The molecule has 20 heavy (non-hydrogen) atoms. The SMILES string of the molecule is COC(=O)c1cc(F)cnc1N1CC(OS(C)(=O)=O)C1. The van der Waals surface area contributed by atoms with Crippen LogP contribution in [0.1, 0.15) is 10.4 Å². The number of carbonyl (C=O) groups is 1. The van der Waals surface area contributed by atoms with Crippen LogP contribution in [0.5, 0.6) is 0 Å². The second-order valence-electron chi connectivity index (χ2n) is 4.34. The van der Waals surface area contributed by atoms with Crippen molar-refractivity contribution >= 4 is 21.9 Å². The number of aromatic nitrogens is 1. The second-order valence-corrected chi connectivity index (χ2v) is 5.94. The van der Waals surface area contributed by atoms with E-state index in [-0.39, 0.29) is 24.5 Å². The Kier molecular flexibility index (Phi) is 3.91. The van der Waals surface area contributed by atoms with E-state index in [2.05, 4.69) is 9.72 Å². The summed E-state index contributed by atoms with van der Waals surface area (Å²) in [6.45, 7) is 0.491. The van der Waals surface area contributed by atoms with Crippen LogP contribution in [-0.2, 0) is 19.0 Å². The Balaban J connectivity index is 2.14. The van der Waals surface area contributed by atoms with Crippen LogP contribution >= 0.6 is 0 Å². The van der Waals surface area contributed by atoms with Gasteiger partial charge in [-0.15, -0.1) is 0 Å². The first-order valence-electron chi connectivity index (χ1n) is 5.67. The van der Waals surface area contributed by atoms with Gasteiger partial charge >= 0.3 is 5.97 Å². The molecule has 0 amide bonds. The Morgan fingerprint density at radius 3 is 2.70 bits per heavy atom. The van der Waals surface area contributed by atoms with Gasteiger partial charge in [0, 0.05) is 13.1 Å². The lowest BCUT2D eigenvalue weighted by atomic mass is 10.1. The Hall–Kier alpha value is -1.74. The number of hydrogen-bond acceptors (Lipinski definition) is 7. The summed E-state index contributed by atoms with van der Waals surface area (Å²) in [5, 5.41) is 0. The van der Waals surface area contributed by atoms with Crippen molar-refractivity contribution < 1.29 is 26.5 Å². The molecule has 0 radical (unpaired) electrons. The monoisotopic (exact) mass is 304 g/mol. The third-order valence-corrected chi connectivity index (χ3v) is 3.32. The van der Waals surface area contributed by atoms with Gasteiger partial charge in [-0.25, -0.2) is 14.2 Å². The molecule has 110 valence electrons. The van der Waals surface area contributed by atoms with Crippen molar-refractivity contribution in [2.24, 2.45) is 0 Å². The molecule has 0 bridgehead atoms. The third-order valence-electron chi connectivity index (χ3n) is 2.70. The van der Waals surface area contributed by atoms with Crippen molar-refractivity contribution in [3.63, 3.8) is 0 Å². The number of pyridine rings is 1. The predicted molar refractivity (Wildman–Crippen MR) is 67.5 cm³/mol. The Labute approximate surface area is 115 Å². The quantitative estimate of drug-likeness (QED) is 0.579. The number of methoxy groups -OCH3 is 1. The van der Waals surface area contributed by atoms with Crippen molar-refractivity contribution in [1.82, 2.24) is 4.98 Å². The van der Waals surface area contributed by atoms with Gasteiger partial charge in [0.1, 0.15) is 23.3 Å². The predicted octanol–water partition coefficient (Wildman–Crippen LogP) is 0.172. The molecule has 0 N–H and O–H groups in total. The Morgan fingerprint density at radius 2 is 2.15 bits per heavy atom. The summed E-state index contributed by atoms with van der Waals surface area (Å²) in [6.07, 6.45) is 1.44. The summed E-state index contributed by atoms with van der Waals surface area (Å²) >= 11 is 0. The number of ether oxygens (including phenoxy) is 1. The first-order chi connectivity index (χ1) is 9.30. The van der Waals surface area contributed by atoms with E-state index in [1.165, 1.54) is 7.11 Å². The maximum absolute atomic E-state index is 13.1. The standard InChI is InChI=1S/C11H13FN2O5S/c1-18-11(15)9-3-7(12)4-13-10(9)14-5-8(6-14)19-20(2,16)17/h3-4,8H,5-6H2,1-2H3. The number of rotatable bonds is 4. The van der Waals surface area contributed by atoms with E-state index in [0.29, 0.717) is 0 Å². The summed E-state index contributed by atoms with van der Waals surface area (Å²) in [5.74, 6) is -1.12. The van der Waals surface area contributed by atoms with Gasteiger partial charge in [-0.1, -0.05) is 0 Å². The van der Waals surface area contributed by atoms with E-state index in [0.717, 1.165) is 18.5 Å². The van der Waals surface area contributed by atoms with Crippen molar-refractivity contribution in [3.8, 4) is 0 Å². The molecule has 0 saturated carbocycles. The van der Waals surface area contributed by atoms with Gasteiger partial charge in [-0.05, 0) is 6.07 Å². The van der Waals surface area contributed by atoms with Crippen LogP contribution in [0.25, 0.3) is 0 Å². The number of nitrogens with zero attached hydrogens (tertiary/aromatic N) is 2. The zero-order chi connectivity index (χ0) is 14.9. The summed E-state index contributed by atoms with van der Waals surface area (Å²) in [4.78, 5) is 17.0. The number of carbonyl (C=O) groups excluding carboxylic acids is 1. The number of esters is 1. The minimum atomic E-state index is -3.53. The largest absolute Gasteiger partial charge is 0.465 e. The third kappa shape index (κ3) is 3.23. The number of hydrogen-bond donors (Lipinski definition) is 0. The topological polar surface area (TPSA) is 85.8 Å². The van der Waals surface area contributed by atoms with Gasteiger partial charge in [-0.3, -0.25) is 4.18 Å². The minimum absolute atomic E-state index is 0.00898. The average Bonchev–Trinajstić information content (AvgIpc) is 2.31. The molecule has 9 heteroatoms. The highest BCUT2D eigenvalue weighted by Crippen LogP contribution is 2.25. The highest BCUT2D eigenvalue weighted by molar-refractivity contribution is 7.86. The van der Waals surface area contributed by atoms with Crippen molar-refractivity contribution in [1.29, 1.82) is 0 Å². The maximum atomic E-state index is 13.1. The van der Waals surface area contributed by atoms with E-state index < -0.39 is 28.0 Å². The first-order valence-corrected chi connectivity index (χ1v) is 7.49. The van der Waals surface area contributed by atoms with E-state index in [9.17, 15) is 17.6 Å². The highest BCUT2D eigenvalue weighted by Gasteiger charge is 2.34. The zero-order valence-corrected chi connectivity index (χ0v) is 11.7. The van der Waals surface area contributed by atoms with Crippen molar-refractivity contribution in [2.45, 2.75) is 6.10 Å². The summed E-state index contributed by atoms with van der Waals surface area (Å²) in [5.41, 5.74) is -0.00898. The van der Waals surface area contributed by atoms with E-state index >= 15 is 0 Å². The molecule has 0 aromatic carbocycles. The molecule has 0 aliphatic carbocycles. The van der Waals surface area contributed by atoms with Crippen LogP contribution < -0.4 is 4.90 Å². The van der Waals surface area contributed by atoms with Gasteiger partial charge in [-0.2, -0.15) is 8.42 Å². The van der Waals surface area contributed by atoms with Gasteiger partial charge < -0.3 is 9.64 Å². The molecule has 1 saturated heterocycles. The zero-order valence-electron chi connectivity index (χ0n) is 10.9. The second kappa shape index (κ2) is 5.33. The fourth-order valence-corrected chi connectivity index (χ4v) is 2.48. The number of halogens is 1. The van der Waals surface area contributed by atoms with E-state index in [1.807, 2.05) is 0 Å². The molecule has 2 rings (SSSR count). The lowest BCUT2D eigenvalue weighted by molar-refractivity contribution is 0.0599. The van der Waals surface area contributed by atoms with E-state index in [1.54, 1.807) is 4.90 Å². The van der Waals surface area contributed by atoms with Crippen LogP contribution in [0.4, 0.5) is 10.2 Å². The first kappa shape index (κ1) is 14.7. The average molecular weight is 304 g/mol. The van der Waals surface area contributed by atoms with E-state index in [4.69, 9.17) is 4.18 Å². The highest BCUT2D eigenvalue weighted by atomic mass is 32.2. The lowest BCUT2D eigenvalue weighted by Crippen LogP contribution is -2.53. The normalized spacial score (nSPS) is 15.8. The van der Waals surface area contributed by atoms with Gasteiger partial charge in [0.25, 0.3) is 10.1 Å². The lowest BCUT2D eigenvalue weighted by Gasteiger charge is -2.39. The molecule has 1 fully saturated rings. The molecular formula is C11H13FN2O5S. The van der Waals surface area contributed by atoms with Crippen LogP contribution in [0.2, 0.25) is 0 Å². The Morgan fingerprint density at radius 1 is 1.50 bits per heavy atom. The smallest absolute Gasteiger partial charge is 0.341 e. The molecule has 7 nitrogen and oxygen atoms in total. The molecule has 1 aliphatic rings. The van der Waals surface area contributed by atoms with Gasteiger partial charge in [0.15, 0.2) is 0 Å². The fourth-order valence-electron chi connectivity index (χ4n) is 1.86.